The number of aliphatic hydroxyl groups is 1. The van der Waals surface area contributed by atoms with E-state index in [9.17, 15) is 23.1 Å². The number of hydrogen-bond donors (Lipinski definition) is 2. The van der Waals surface area contributed by atoms with Crippen LogP contribution in [0.15, 0.2) is 53.4 Å². The quantitative estimate of drug-likeness (QED) is 0.389. The topological polar surface area (TPSA) is 135 Å². The summed E-state index contributed by atoms with van der Waals surface area (Å²) in [6, 6.07) is 13.1. The van der Waals surface area contributed by atoms with Gasteiger partial charge in [0.1, 0.15) is 6.10 Å². The summed E-state index contributed by atoms with van der Waals surface area (Å²) in [6.45, 7) is 4.52. The van der Waals surface area contributed by atoms with Gasteiger partial charge in [0.25, 0.3) is 5.91 Å². The van der Waals surface area contributed by atoms with E-state index >= 15 is 0 Å². The molecule has 44 heavy (non-hydrogen) atoms. The summed E-state index contributed by atoms with van der Waals surface area (Å²) >= 11 is 0. The minimum Gasteiger partial charge on any atom is -0.443 e. The number of alkyl carbamates (subject to hydrolysis) is 1. The van der Waals surface area contributed by atoms with Crippen molar-refractivity contribution in [1.29, 1.82) is 0 Å². The molecular formula is C32H41N3O8S. The fourth-order valence-electron chi connectivity index (χ4n) is 6.95. The Balaban J connectivity index is 1.20. The molecule has 1 aliphatic carbocycles. The fraction of sp³-hybridized carbons (Fsp3) is 0.562. The zero-order valence-corrected chi connectivity index (χ0v) is 26.1. The monoisotopic (exact) mass is 627 g/mol. The van der Waals surface area contributed by atoms with Gasteiger partial charge in [0.05, 0.1) is 29.8 Å². The molecule has 2 aromatic carbocycles. The predicted octanol–water partition coefficient (Wildman–Crippen LogP) is 2.77. The molecule has 0 aromatic heterocycles. The number of aliphatic hydroxyl groups excluding tert-OH is 1. The molecule has 2 N–H and O–H groups in total. The number of ether oxygens (including phenoxy) is 3. The molecule has 1 saturated carbocycles. The van der Waals surface area contributed by atoms with Gasteiger partial charge in [-0.1, -0.05) is 44.2 Å². The molecule has 3 fully saturated rings. The highest BCUT2D eigenvalue weighted by atomic mass is 32.2. The second kappa shape index (κ2) is 12.4. The lowest BCUT2D eigenvalue weighted by molar-refractivity contribution is -0.153. The van der Waals surface area contributed by atoms with Crippen LogP contribution in [-0.4, -0.2) is 92.1 Å². The van der Waals surface area contributed by atoms with Crippen molar-refractivity contribution in [3.05, 3.63) is 65.2 Å². The number of carbonyl (C=O) groups is 2. The zero-order valence-electron chi connectivity index (χ0n) is 25.3. The first-order valence-corrected chi connectivity index (χ1v) is 16.8. The Morgan fingerprint density at radius 3 is 2.66 bits per heavy atom. The summed E-state index contributed by atoms with van der Waals surface area (Å²) in [5, 5.41) is 14.4. The summed E-state index contributed by atoms with van der Waals surface area (Å²) in [6.07, 6.45) is -0.910. The second-order valence-electron chi connectivity index (χ2n) is 12.9. The first-order valence-electron chi connectivity index (χ1n) is 15.3. The van der Waals surface area contributed by atoms with Gasteiger partial charge in [-0.2, -0.15) is 4.31 Å². The van der Waals surface area contributed by atoms with Gasteiger partial charge in [-0.3, -0.25) is 4.79 Å². The molecule has 3 heterocycles. The van der Waals surface area contributed by atoms with Crippen LogP contribution in [0.2, 0.25) is 0 Å². The van der Waals surface area contributed by atoms with E-state index < -0.39 is 34.4 Å². The van der Waals surface area contributed by atoms with Crippen molar-refractivity contribution >= 4 is 22.0 Å². The van der Waals surface area contributed by atoms with Crippen molar-refractivity contribution in [3.8, 4) is 0 Å². The van der Waals surface area contributed by atoms with Gasteiger partial charge in [-0.25, -0.2) is 13.2 Å². The maximum atomic E-state index is 14.0. The smallest absolute Gasteiger partial charge is 0.407 e. The van der Waals surface area contributed by atoms with Crippen LogP contribution >= 0.6 is 0 Å². The summed E-state index contributed by atoms with van der Waals surface area (Å²) in [5.41, 5.74) is 2.01. The van der Waals surface area contributed by atoms with Crippen molar-refractivity contribution in [2.75, 3.05) is 26.7 Å². The van der Waals surface area contributed by atoms with Gasteiger partial charge in [0.2, 0.25) is 10.0 Å². The Morgan fingerprint density at radius 1 is 1.14 bits per heavy atom. The molecule has 0 spiro atoms. The Hall–Kier alpha value is -3.03. The standard InChI is InChI=1S/C32H41N3O8S/c1-19(2)15-35(44(39,40)24-9-10-25-22(13-24)16-34(3)30(25)37)17-27(36)26(11-20-7-5-4-6-8-20)33-32(38)43-29-23-12-21-14-28(29)42-31(21)41-18-23/h4-10,13,19,21,23,26-29,31,36H,11-12,14-18H2,1-3H3,(H,33,38)/t21?,23?,26-,27+,28?,29?,31?/m0/s1. The summed E-state index contributed by atoms with van der Waals surface area (Å²) in [5.74, 6) is 0.196. The predicted molar refractivity (Wildman–Crippen MR) is 160 cm³/mol. The van der Waals surface area contributed by atoms with E-state index in [1.807, 2.05) is 44.2 Å². The molecule has 2 aromatic rings. The number of sulfonamides is 1. The Bertz CT molecular complexity index is 1480. The van der Waals surface area contributed by atoms with E-state index in [4.69, 9.17) is 14.2 Å². The highest BCUT2D eigenvalue weighted by Crippen LogP contribution is 2.46. The average molecular weight is 628 g/mol. The molecule has 2 saturated heterocycles. The van der Waals surface area contributed by atoms with Crippen LogP contribution in [0.25, 0.3) is 0 Å². The Kier molecular flexibility index (Phi) is 8.73. The first kappa shape index (κ1) is 31.0. The van der Waals surface area contributed by atoms with Crippen LogP contribution in [-0.2, 0) is 37.2 Å². The van der Waals surface area contributed by atoms with Gasteiger partial charge in [0.15, 0.2) is 6.29 Å². The molecule has 5 unspecified atom stereocenters. The van der Waals surface area contributed by atoms with Crippen molar-refractivity contribution in [3.63, 3.8) is 0 Å². The molecule has 4 aliphatic rings. The normalized spacial score (nSPS) is 27.1. The Labute approximate surface area is 258 Å². The van der Waals surface area contributed by atoms with Crippen molar-refractivity contribution in [2.24, 2.45) is 17.8 Å². The number of rotatable bonds is 11. The second-order valence-corrected chi connectivity index (χ2v) is 14.9. The van der Waals surface area contributed by atoms with E-state index in [-0.39, 0.29) is 54.5 Å². The minimum atomic E-state index is -4.05. The third-order valence-electron chi connectivity index (χ3n) is 9.11. The van der Waals surface area contributed by atoms with E-state index in [1.54, 1.807) is 19.2 Å². The number of carbonyl (C=O) groups excluding carboxylic acids is 2. The first-order chi connectivity index (χ1) is 21.0. The van der Waals surface area contributed by atoms with Gasteiger partial charge in [-0.05, 0) is 54.5 Å². The number of nitrogens with zero attached hydrogens (tertiary/aromatic N) is 2. The molecule has 3 aliphatic heterocycles. The van der Waals surface area contributed by atoms with Gasteiger partial charge in [-0.15, -0.1) is 0 Å². The molecule has 12 heteroatoms. The summed E-state index contributed by atoms with van der Waals surface area (Å²) in [7, 11) is -2.37. The van der Waals surface area contributed by atoms with Crippen LogP contribution in [0.5, 0.6) is 0 Å². The molecule has 11 nitrogen and oxygen atoms in total. The highest BCUT2D eigenvalue weighted by Gasteiger charge is 2.53. The number of hydrogen-bond acceptors (Lipinski definition) is 8. The van der Waals surface area contributed by atoms with Crippen LogP contribution in [0.4, 0.5) is 4.79 Å². The third kappa shape index (κ3) is 6.23. The lowest BCUT2D eigenvalue weighted by atomic mass is 9.78. The average Bonchev–Trinajstić information content (AvgIpc) is 3.45. The largest absolute Gasteiger partial charge is 0.443 e. The van der Waals surface area contributed by atoms with Gasteiger partial charge >= 0.3 is 6.09 Å². The lowest BCUT2D eigenvalue weighted by Gasteiger charge is -2.37. The van der Waals surface area contributed by atoms with Crippen LogP contribution in [0.1, 0.15) is 48.2 Å². The molecule has 2 amide bonds. The van der Waals surface area contributed by atoms with Crippen LogP contribution < -0.4 is 5.32 Å². The molecule has 3 bridgehead atoms. The number of benzene rings is 2. The van der Waals surface area contributed by atoms with Gasteiger partial charge < -0.3 is 29.5 Å². The van der Waals surface area contributed by atoms with E-state index in [0.29, 0.717) is 30.2 Å². The third-order valence-corrected chi connectivity index (χ3v) is 10.9. The van der Waals surface area contributed by atoms with Crippen LogP contribution in [0, 0.1) is 17.8 Å². The number of amides is 2. The van der Waals surface area contributed by atoms with Crippen molar-refractivity contribution in [2.45, 2.75) is 75.2 Å². The zero-order chi connectivity index (χ0) is 31.2. The van der Waals surface area contributed by atoms with Crippen molar-refractivity contribution in [1.82, 2.24) is 14.5 Å². The van der Waals surface area contributed by atoms with E-state index in [0.717, 1.165) is 18.4 Å². The van der Waals surface area contributed by atoms with Crippen molar-refractivity contribution < 1.29 is 37.3 Å². The fourth-order valence-corrected chi connectivity index (χ4v) is 8.62. The molecular weight excluding hydrogens is 586 g/mol. The van der Waals surface area contributed by atoms with E-state index in [2.05, 4.69) is 5.32 Å². The molecule has 6 rings (SSSR count). The maximum absolute atomic E-state index is 14.0. The molecule has 0 radical (unpaired) electrons. The van der Waals surface area contributed by atoms with Crippen LogP contribution in [0.3, 0.4) is 0 Å². The lowest BCUT2D eigenvalue weighted by Crippen LogP contribution is -2.53. The summed E-state index contributed by atoms with van der Waals surface area (Å²) in [4.78, 5) is 27.3. The van der Waals surface area contributed by atoms with Gasteiger partial charge in [0, 0.05) is 44.1 Å². The SMILES string of the molecule is CC(C)CN(C[C@@H](O)[C@H](Cc1ccccc1)NC(=O)OC1C2COC3OC1CC3C2)S(=O)(=O)c1ccc2c(c1)CN(C)C2=O. The van der Waals surface area contributed by atoms with E-state index in [1.165, 1.54) is 15.3 Å². The number of fused-ring (bicyclic) bond motifs is 3. The summed E-state index contributed by atoms with van der Waals surface area (Å²) < 4.78 is 46.8. The molecule has 7 atom stereocenters. The Morgan fingerprint density at radius 2 is 1.91 bits per heavy atom. The number of nitrogens with one attached hydrogen (secondary N) is 1. The minimum absolute atomic E-state index is 0.0383. The molecule has 238 valence electrons. The highest BCUT2D eigenvalue weighted by molar-refractivity contribution is 7.89. The maximum Gasteiger partial charge on any atom is 0.407 e.